The number of para-hydroxylation sites is 1. The third kappa shape index (κ3) is 4.57. The molecule has 3 aromatic rings. The Balaban J connectivity index is 1.78. The Hall–Kier alpha value is -3.06. The first-order valence-corrected chi connectivity index (χ1v) is 9.63. The van der Waals surface area contributed by atoms with E-state index < -0.39 is 0 Å². The molecule has 0 atom stereocenters. The zero-order chi connectivity index (χ0) is 19.2. The molecule has 2 amide bonds. The highest BCUT2D eigenvalue weighted by Gasteiger charge is 2.17. The van der Waals surface area contributed by atoms with E-state index in [2.05, 4.69) is 15.6 Å². The van der Waals surface area contributed by atoms with Crippen LogP contribution in [0.5, 0.6) is 0 Å². The SMILES string of the molecule is CSc1ncc(C(=O)NCc2cccc(NC(C)=O)c2)n1-c1ccccc1. The van der Waals surface area contributed by atoms with E-state index >= 15 is 0 Å². The molecule has 2 N–H and O–H groups in total. The number of benzene rings is 2. The summed E-state index contributed by atoms with van der Waals surface area (Å²) in [6.45, 7) is 1.81. The molecule has 7 heteroatoms. The van der Waals surface area contributed by atoms with Crippen molar-refractivity contribution in [1.29, 1.82) is 0 Å². The van der Waals surface area contributed by atoms with Crippen LogP contribution >= 0.6 is 11.8 Å². The van der Waals surface area contributed by atoms with Crippen molar-refractivity contribution in [1.82, 2.24) is 14.9 Å². The van der Waals surface area contributed by atoms with Gasteiger partial charge >= 0.3 is 0 Å². The summed E-state index contributed by atoms with van der Waals surface area (Å²) in [7, 11) is 0. The number of anilines is 1. The Morgan fingerprint density at radius 1 is 1.11 bits per heavy atom. The minimum atomic E-state index is -0.211. The number of nitrogens with one attached hydrogen (secondary N) is 2. The molecule has 138 valence electrons. The highest BCUT2D eigenvalue weighted by Crippen LogP contribution is 2.21. The fourth-order valence-electron chi connectivity index (χ4n) is 2.70. The summed E-state index contributed by atoms with van der Waals surface area (Å²) in [6.07, 6.45) is 3.51. The van der Waals surface area contributed by atoms with Gasteiger partial charge in [-0.3, -0.25) is 14.2 Å². The molecule has 0 radical (unpaired) electrons. The van der Waals surface area contributed by atoms with Crippen LogP contribution in [0.25, 0.3) is 5.69 Å². The number of imidazole rings is 1. The number of hydrogen-bond acceptors (Lipinski definition) is 4. The van der Waals surface area contributed by atoms with Gasteiger partial charge in [0.25, 0.3) is 5.91 Å². The zero-order valence-corrected chi connectivity index (χ0v) is 15.9. The maximum Gasteiger partial charge on any atom is 0.270 e. The second-order valence-electron chi connectivity index (χ2n) is 5.87. The van der Waals surface area contributed by atoms with Gasteiger partial charge in [-0.25, -0.2) is 4.98 Å². The van der Waals surface area contributed by atoms with Gasteiger partial charge in [-0.05, 0) is 36.1 Å². The van der Waals surface area contributed by atoms with Crippen LogP contribution in [0.3, 0.4) is 0 Å². The number of amides is 2. The van der Waals surface area contributed by atoms with Gasteiger partial charge in [-0.1, -0.05) is 42.1 Å². The Labute approximate surface area is 162 Å². The standard InChI is InChI=1S/C20H20N4O2S/c1-14(25)23-16-8-6-7-15(11-16)12-21-19(26)18-13-22-20(27-2)24(18)17-9-4-3-5-10-17/h3-11,13H,12H2,1-2H3,(H,21,26)(H,23,25). The minimum absolute atomic E-state index is 0.132. The second-order valence-corrected chi connectivity index (χ2v) is 6.64. The molecule has 3 rings (SSSR count). The van der Waals surface area contributed by atoms with E-state index in [-0.39, 0.29) is 11.8 Å². The van der Waals surface area contributed by atoms with Crippen molar-refractivity contribution in [2.75, 3.05) is 11.6 Å². The van der Waals surface area contributed by atoms with Crippen LogP contribution in [0.4, 0.5) is 5.69 Å². The first-order chi connectivity index (χ1) is 13.1. The molecule has 0 bridgehead atoms. The van der Waals surface area contributed by atoms with E-state index in [1.165, 1.54) is 18.7 Å². The van der Waals surface area contributed by atoms with Gasteiger partial charge < -0.3 is 10.6 Å². The summed E-state index contributed by atoms with van der Waals surface area (Å²) >= 11 is 1.48. The highest BCUT2D eigenvalue weighted by atomic mass is 32.2. The molecular weight excluding hydrogens is 360 g/mol. The lowest BCUT2D eigenvalue weighted by Crippen LogP contribution is -2.25. The van der Waals surface area contributed by atoms with Crippen LogP contribution in [0.1, 0.15) is 23.0 Å². The predicted molar refractivity (Wildman–Crippen MR) is 107 cm³/mol. The molecule has 0 saturated carbocycles. The number of carbonyl (C=O) groups is 2. The quantitative estimate of drug-likeness (QED) is 0.642. The van der Waals surface area contributed by atoms with E-state index in [0.717, 1.165) is 16.4 Å². The normalized spacial score (nSPS) is 10.4. The lowest BCUT2D eigenvalue weighted by Gasteiger charge is -2.11. The molecule has 0 spiro atoms. The van der Waals surface area contributed by atoms with Crippen molar-refractivity contribution >= 4 is 29.3 Å². The first-order valence-electron chi connectivity index (χ1n) is 8.40. The molecule has 0 saturated heterocycles. The van der Waals surface area contributed by atoms with Gasteiger partial charge in [0, 0.05) is 24.8 Å². The molecular formula is C20H20N4O2S. The van der Waals surface area contributed by atoms with E-state index in [1.807, 2.05) is 65.4 Å². The van der Waals surface area contributed by atoms with E-state index in [4.69, 9.17) is 0 Å². The van der Waals surface area contributed by atoms with Gasteiger partial charge in [-0.15, -0.1) is 0 Å². The van der Waals surface area contributed by atoms with E-state index in [0.29, 0.717) is 17.9 Å². The van der Waals surface area contributed by atoms with Gasteiger partial charge in [0.1, 0.15) is 5.69 Å². The summed E-state index contributed by atoms with van der Waals surface area (Å²) in [4.78, 5) is 28.3. The molecule has 0 aliphatic heterocycles. The Kier molecular flexibility index (Phi) is 5.93. The fraction of sp³-hybridized carbons (Fsp3) is 0.150. The monoisotopic (exact) mass is 380 g/mol. The zero-order valence-electron chi connectivity index (χ0n) is 15.1. The van der Waals surface area contributed by atoms with Crippen LogP contribution < -0.4 is 10.6 Å². The number of hydrogen-bond donors (Lipinski definition) is 2. The second kappa shape index (κ2) is 8.55. The average Bonchev–Trinajstić information content (AvgIpc) is 3.11. The van der Waals surface area contributed by atoms with Crippen LogP contribution in [0, 0.1) is 0 Å². The van der Waals surface area contributed by atoms with Crippen molar-refractivity contribution in [3.8, 4) is 5.69 Å². The smallest absolute Gasteiger partial charge is 0.270 e. The van der Waals surface area contributed by atoms with E-state index in [9.17, 15) is 9.59 Å². The largest absolute Gasteiger partial charge is 0.347 e. The molecule has 1 aromatic heterocycles. The summed E-state index contributed by atoms with van der Waals surface area (Å²) < 4.78 is 1.84. The average molecular weight is 380 g/mol. The van der Waals surface area contributed by atoms with Crippen LogP contribution in [0.2, 0.25) is 0 Å². The third-order valence-electron chi connectivity index (χ3n) is 3.86. The van der Waals surface area contributed by atoms with Gasteiger partial charge in [0.2, 0.25) is 5.91 Å². The van der Waals surface area contributed by atoms with E-state index in [1.54, 1.807) is 6.20 Å². The molecule has 0 aliphatic carbocycles. The van der Waals surface area contributed by atoms with Crippen LogP contribution in [-0.4, -0.2) is 27.6 Å². The number of thioether (sulfide) groups is 1. The molecule has 0 fully saturated rings. The lowest BCUT2D eigenvalue weighted by atomic mass is 10.2. The summed E-state index contributed by atoms with van der Waals surface area (Å²) in [6, 6.07) is 17.0. The molecule has 0 unspecified atom stereocenters. The first kappa shape index (κ1) is 18.7. The Morgan fingerprint density at radius 3 is 2.59 bits per heavy atom. The Bertz CT molecular complexity index is 954. The molecule has 1 heterocycles. The summed E-state index contributed by atoms with van der Waals surface area (Å²) in [5, 5.41) is 6.41. The van der Waals surface area contributed by atoms with Crippen LogP contribution in [0.15, 0.2) is 66.0 Å². The third-order valence-corrected chi connectivity index (χ3v) is 4.51. The van der Waals surface area contributed by atoms with Crippen LogP contribution in [-0.2, 0) is 11.3 Å². The van der Waals surface area contributed by atoms with Gasteiger partial charge in [-0.2, -0.15) is 0 Å². The lowest BCUT2D eigenvalue weighted by molar-refractivity contribution is -0.114. The van der Waals surface area contributed by atoms with Crippen molar-refractivity contribution in [3.63, 3.8) is 0 Å². The fourth-order valence-corrected chi connectivity index (χ4v) is 3.25. The van der Waals surface area contributed by atoms with Crippen molar-refractivity contribution in [2.24, 2.45) is 0 Å². The number of nitrogens with zero attached hydrogens (tertiary/aromatic N) is 2. The number of aromatic nitrogens is 2. The summed E-state index contributed by atoms with van der Waals surface area (Å²) in [5.41, 5.74) is 2.96. The molecule has 0 aliphatic rings. The van der Waals surface area contributed by atoms with Gasteiger partial charge in [0.15, 0.2) is 5.16 Å². The highest BCUT2D eigenvalue weighted by molar-refractivity contribution is 7.98. The summed E-state index contributed by atoms with van der Waals surface area (Å²) in [5.74, 6) is -0.343. The number of rotatable bonds is 6. The van der Waals surface area contributed by atoms with Gasteiger partial charge in [0.05, 0.1) is 6.20 Å². The Morgan fingerprint density at radius 2 is 1.89 bits per heavy atom. The molecule has 2 aromatic carbocycles. The van der Waals surface area contributed by atoms with Crippen molar-refractivity contribution in [3.05, 3.63) is 72.1 Å². The van der Waals surface area contributed by atoms with Crippen molar-refractivity contribution < 1.29 is 9.59 Å². The predicted octanol–water partition coefficient (Wildman–Crippen LogP) is 3.48. The topological polar surface area (TPSA) is 76.0 Å². The van der Waals surface area contributed by atoms with Crippen molar-refractivity contribution in [2.45, 2.75) is 18.6 Å². The maximum atomic E-state index is 12.8. The molecule has 6 nitrogen and oxygen atoms in total. The minimum Gasteiger partial charge on any atom is -0.347 e. The maximum absolute atomic E-state index is 12.8. The molecule has 27 heavy (non-hydrogen) atoms. The number of carbonyl (C=O) groups excluding carboxylic acids is 2.